The van der Waals surface area contributed by atoms with Crippen molar-refractivity contribution in [1.29, 1.82) is 0 Å². The van der Waals surface area contributed by atoms with Crippen molar-refractivity contribution < 1.29 is 18.0 Å². The molecule has 0 saturated heterocycles. The summed E-state index contributed by atoms with van der Waals surface area (Å²) in [4.78, 5) is 23.0. The molecule has 0 aliphatic heterocycles. The molecule has 0 heterocycles. The largest absolute Gasteiger partial charge is 0.354 e. The van der Waals surface area contributed by atoms with Gasteiger partial charge in [0.15, 0.2) is 9.84 Å². The lowest BCUT2D eigenvalue weighted by molar-refractivity contribution is -0.118. The summed E-state index contributed by atoms with van der Waals surface area (Å²) in [6.45, 7) is 2.32. The maximum atomic E-state index is 11.7. The molecule has 4 N–H and O–H groups in total. The summed E-state index contributed by atoms with van der Waals surface area (Å²) < 4.78 is 23.4. The van der Waals surface area contributed by atoms with E-state index < -0.39 is 33.2 Å². The van der Waals surface area contributed by atoms with Crippen LogP contribution in [0.25, 0.3) is 0 Å². The molecule has 0 atom stereocenters. The van der Waals surface area contributed by atoms with Crippen LogP contribution in [0.2, 0.25) is 0 Å². The molecule has 116 valence electrons. The molecule has 21 heavy (non-hydrogen) atoms. The average molecular weight is 313 g/mol. The van der Waals surface area contributed by atoms with E-state index in [0.29, 0.717) is 5.69 Å². The quantitative estimate of drug-likeness (QED) is 0.622. The summed E-state index contributed by atoms with van der Waals surface area (Å²) in [5, 5.41) is 4.81. The Balaban J connectivity index is 2.52. The van der Waals surface area contributed by atoms with Gasteiger partial charge in [-0.05, 0) is 19.1 Å². The molecule has 0 radical (unpaired) electrons. The topological polar surface area (TPSA) is 118 Å². The lowest BCUT2D eigenvalue weighted by Gasteiger charge is -2.07. The van der Waals surface area contributed by atoms with Gasteiger partial charge in [-0.15, -0.1) is 0 Å². The molecule has 0 saturated carbocycles. The maximum absolute atomic E-state index is 11.7. The molecule has 0 bridgehead atoms. The minimum Gasteiger partial charge on any atom is -0.354 e. The third kappa shape index (κ3) is 6.87. The van der Waals surface area contributed by atoms with Crippen LogP contribution >= 0.6 is 0 Å². The fourth-order valence-corrected chi connectivity index (χ4v) is 2.62. The zero-order valence-electron chi connectivity index (χ0n) is 11.8. The summed E-state index contributed by atoms with van der Waals surface area (Å²) >= 11 is 0. The lowest BCUT2D eigenvalue weighted by Crippen LogP contribution is -2.36. The summed E-state index contributed by atoms with van der Waals surface area (Å²) in [7, 11) is -3.80. The highest BCUT2D eigenvalue weighted by Crippen LogP contribution is 2.08. The molecular formula is C13H19N3O4S. The number of hydrogen-bond donors (Lipinski definition) is 3. The minimum absolute atomic E-state index is 0.198. The summed E-state index contributed by atoms with van der Waals surface area (Å²) in [6.07, 6.45) is 0. The molecule has 2 amide bonds. The van der Waals surface area contributed by atoms with Gasteiger partial charge in [-0.25, -0.2) is 8.42 Å². The first-order valence-corrected chi connectivity index (χ1v) is 8.18. The first kappa shape index (κ1) is 17.1. The fourth-order valence-electron chi connectivity index (χ4n) is 1.55. The van der Waals surface area contributed by atoms with E-state index in [4.69, 9.17) is 5.73 Å². The van der Waals surface area contributed by atoms with Crippen LogP contribution in [0.4, 0.5) is 5.69 Å². The molecule has 1 rings (SSSR count). The Labute approximate surface area is 123 Å². The van der Waals surface area contributed by atoms with Gasteiger partial charge in [-0.3, -0.25) is 9.59 Å². The van der Waals surface area contributed by atoms with Crippen LogP contribution in [0, 0.1) is 6.92 Å². The first-order chi connectivity index (χ1) is 9.82. The molecule has 0 aliphatic carbocycles. The van der Waals surface area contributed by atoms with E-state index in [1.807, 2.05) is 6.92 Å². The molecule has 0 unspecified atom stereocenters. The Bertz CT molecular complexity index is 596. The summed E-state index contributed by atoms with van der Waals surface area (Å²) in [5.41, 5.74) is 6.72. The molecule has 0 aliphatic rings. The highest BCUT2D eigenvalue weighted by molar-refractivity contribution is 7.92. The number of anilines is 1. The van der Waals surface area contributed by atoms with Crippen LogP contribution in [-0.2, 0) is 19.4 Å². The normalized spacial score (nSPS) is 11.0. The Morgan fingerprint density at radius 2 is 1.67 bits per heavy atom. The van der Waals surface area contributed by atoms with Crippen molar-refractivity contribution in [3.05, 3.63) is 29.8 Å². The molecular weight excluding hydrogens is 294 g/mol. The van der Waals surface area contributed by atoms with E-state index >= 15 is 0 Å². The summed E-state index contributed by atoms with van der Waals surface area (Å²) in [5.74, 6) is -2.81. The van der Waals surface area contributed by atoms with Crippen LogP contribution in [0.3, 0.4) is 0 Å². The fraction of sp³-hybridized carbons (Fsp3) is 0.385. The van der Waals surface area contributed by atoms with Gasteiger partial charge in [0.05, 0.1) is 0 Å². The van der Waals surface area contributed by atoms with Crippen molar-refractivity contribution in [2.45, 2.75) is 6.92 Å². The second kappa shape index (κ2) is 7.75. The number of nitrogens with one attached hydrogen (secondary N) is 2. The number of sulfone groups is 1. The van der Waals surface area contributed by atoms with E-state index in [0.717, 1.165) is 5.56 Å². The van der Waals surface area contributed by atoms with Crippen LogP contribution in [0.15, 0.2) is 24.3 Å². The lowest BCUT2D eigenvalue weighted by atomic mass is 10.2. The average Bonchev–Trinajstić information content (AvgIpc) is 2.37. The van der Waals surface area contributed by atoms with Crippen LogP contribution < -0.4 is 16.4 Å². The smallest absolute Gasteiger partial charge is 0.239 e. The number of benzene rings is 1. The van der Waals surface area contributed by atoms with Crippen molar-refractivity contribution in [2.24, 2.45) is 5.73 Å². The highest BCUT2D eigenvalue weighted by Gasteiger charge is 2.20. The number of rotatable bonds is 7. The maximum Gasteiger partial charge on any atom is 0.239 e. The number of carbonyl (C=O) groups excluding carboxylic acids is 2. The van der Waals surface area contributed by atoms with Gasteiger partial charge in [0, 0.05) is 18.8 Å². The monoisotopic (exact) mass is 313 g/mol. The van der Waals surface area contributed by atoms with Crippen molar-refractivity contribution in [2.75, 3.05) is 29.9 Å². The van der Waals surface area contributed by atoms with Gasteiger partial charge in [0.2, 0.25) is 11.8 Å². The number of carbonyl (C=O) groups is 2. The number of nitrogens with two attached hydrogens (primary N) is 1. The van der Waals surface area contributed by atoms with Crippen LogP contribution in [0.5, 0.6) is 0 Å². The zero-order chi connectivity index (χ0) is 15.9. The van der Waals surface area contributed by atoms with Crippen LogP contribution in [0.1, 0.15) is 5.56 Å². The molecule has 8 heteroatoms. The van der Waals surface area contributed by atoms with Crippen molar-refractivity contribution >= 4 is 27.3 Å². The Morgan fingerprint density at radius 1 is 1.10 bits per heavy atom. The second-order valence-electron chi connectivity index (χ2n) is 4.59. The van der Waals surface area contributed by atoms with E-state index in [2.05, 4.69) is 10.6 Å². The number of amides is 2. The van der Waals surface area contributed by atoms with E-state index in [9.17, 15) is 18.0 Å². The third-order valence-electron chi connectivity index (χ3n) is 2.50. The Kier molecular flexibility index (Phi) is 6.32. The molecule has 1 aromatic carbocycles. The van der Waals surface area contributed by atoms with Crippen molar-refractivity contribution in [3.8, 4) is 0 Å². The predicted octanol–water partition coefficient (Wildman–Crippen LogP) is -0.577. The van der Waals surface area contributed by atoms with Gasteiger partial charge >= 0.3 is 0 Å². The Morgan fingerprint density at radius 3 is 2.24 bits per heavy atom. The van der Waals surface area contributed by atoms with E-state index in [1.165, 1.54) is 0 Å². The molecule has 7 nitrogen and oxygen atoms in total. The standard InChI is InChI=1S/C13H19N3O4S/c1-10-2-4-11(5-3-10)16-13(18)9-21(19,20)8-12(17)15-7-6-14/h2-5H,6-9,14H2,1H3,(H,15,17)(H,16,18). The zero-order valence-corrected chi connectivity index (χ0v) is 12.6. The highest BCUT2D eigenvalue weighted by atomic mass is 32.2. The van der Waals surface area contributed by atoms with Gasteiger partial charge in [-0.2, -0.15) is 0 Å². The SMILES string of the molecule is Cc1ccc(NC(=O)CS(=O)(=O)CC(=O)NCCN)cc1. The van der Waals surface area contributed by atoms with Gasteiger partial charge in [0.25, 0.3) is 0 Å². The number of aryl methyl sites for hydroxylation is 1. The summed E-state index contributed by atoms with van der Waals surface area (Å²) in [6, 6.07) is 6.94. The molecule has 0 fully saturated rings. The van der Waals surface area contributed by atoms with Gasteiger partial charge in [0.1, 0.15) is 11.5 Å². The Hall–Kier alpha value is -1.93. The minimum atomic E-state index is -3.80. The molecule has 1 aromatic rings. The van der Waals surface area contributed by atoms with Crippen LogP contribution in [-0.4, -0.2) is 44.8 Å². The van der Waals surface area contributed by atoms with Gasteiger partial charge in [-0.1, -0.05) is 17.7 Å². The molecule has 0 spiro atoms. The van der Waals surface area contributed by atoms with Crippen molar-refractivity contribution in [1.82, 2.24) is 5.32 Å². The first-order valence-electron chi connectivity index (χ1n) is 6.36. The van der Waals surface area contributed by atoms with E-state index in [-0.39, 0.29) is 13.1 Å². The van der Waals surface area contributed by atoms with E-state index in [1.54, 1.807) is 24.3 Å². The number of hydrogen-bond acceptors (Lipinski definition) is 5. The van der Waals surface area contributed by atoms with Gasteiger partial charge < -0.3 is 16.4 Å². The molecule has 0 aromatic heterocycles. The second-order valence-corrected chi connectivity index (χ2v) is 6.65. The third-order valence-corrected chi connectivity index (χ3v) is 3.91. The predicted molar refractivity (Wildman–Crippen MR) is 80.5 cm³/mol. The van der Waals surface area contributed by atoms with Crippen molar-refractivity contribution in [3.63, 3.8) is 0 Å².